The lowest BCUT2D eigenvalue weighted by Gasteiger charge is -2.09. The lowest BCUT2D eigenvalue weighted by atomic mass is 10.1. The molecule has 20 heavy (non-hydrogen) atoms. The van der Waals surface area contributed by atoms with Crippen LogP contribution < -0.4 is 10.5 Å². The summed E-state index contributed by atoms with van der Waals surface area (Å²) >= 11 is 0. The number of nitrogens with two attached hydrogens (primary N) is 1. The normalized spacial score (nSPS) is 11.8. The van der Waals surface area contributed by atoms with E-state index >= 15 is 0 Å². The first-order valence-corrected chi connectivity index (χ1v) is 6.25. The smallest absolute Gasteiger partial charge is 0.214 e. The fourth-order valence-corrected chi connectivity index (χ4v) is 1.87. The number of hydrogen-bond acceptors (Lipinski definition) is 5. The van der Waals surface area contributed by atoms with Gasteiger partial charge in [-0.1, -0.05) is 23.4 Å². The van der Waals surface area contributed by atoms with Gasteiger partial charge in [-0.25, -0.2) is 4.98 Å². The van der Waals surface area contributed by atoms with Crippen molar-refractivity contribution in [3.05, 3.63) is 35.9 Å². The molecule has 1 heterocycles. The number of amidine groups is 1. The van der Waals surface area contributed by atoms with E-state index in [9.17, 15) is 0 Å². The van der Waals surface area contributed by atoms with Gasteiger partial charge in [-0.3, -0.25) is 0 Å². The molecule has 0 saturated heterocycles. The molecule has 6 heteroatoms. The molecule has 2 rings (SSSR count). The molecule has 0 bridgehead atoms. The number of hydrogen-bond donors (Lipinski definition) is 2. The highest BCUT2D eigenvalue weighted by Crippen LogP contribution is 2.22. The number of nitrogens with zero attached hydrogens (tertiary/aromatic N) is 2. The highest BCUT2D eigenvalue weighted by Gasteiger charge is 2.10. The van der Waals surface area contributed by atoms with Crippen LogP contribution in [0.3, 0.4) is 0 Å². The van der Waals surface area contributed by atoms with E-state index in [2.05, 4.69) is 10.1 Å². The van der Waals surface area contributed by atoms with Crippen LogP contribution in [-0.2, 0) is 4.74 Å². The van der Waals surface area contributed by atoms with Crippen molar-refractivity contribution in [1.29, 1.82) is 0 Å². The third-order valence-corrected chi connectivity index (χ3v) is 2.82. The molecule has 2 aromatic rings. The molecule has 1 aromatic heterocycles. The van der Waals surface area contributed by atoms with Crippen molar-refractivity contribution in [2.45, 2.75) is 6.42 Å². The lowest BCUT2D eigenvalue weighted by molar-refractivity contribution is 0.170. The Balaban J connectivity index is 2.32. The minimum Gasteiger partial charge on any atom is -0.478 e. The summed E-state index contributed by atoms with van der Waals surface area (Å²) in [4.78, 5) is 4.39. The summed E-state index contributed by atoms with van der Waals surface area (Å²) in [5.74, 6) is 0.478. The Labute approximate surface area is 116 Å². The summed E-state index contributed by atoms with van der Waals surface area (Å²) in [5.41, 5.74) is 7.03. The SMILES string of the molecule is COCCCOc1cc(C(N)=NO)c2ccccc2n1. The first-order chi connectivity index (χ1) is 9.76. The second-order valence-corrected chi connectivity index (χ2v) is 4.21. The van der Waals surface area contributed by atoms with Gasteiger partial charge in [0.25, 0.3) is 0 Å². The first kappa shape index (κ1) is 14.1. The molecule has 0 saturated carbocycles. The molecule has 1 aromatic carbocycles. The molecule has 0 aliphatic carbocycles. The number of para-hydroxylation sites is 1. The van der Waals surface area contributed by atoms with Crippen LogP contribution in [0, 0.1) is 0 Å². The maximum Gasteiger partial charge on any atom is 0.214 e. The van der Waals surface area contributed by atoms with Crippen molar-refractivity contribution >= 4 is 16.7 Å². The molecule has 0 amide bonds. The van der Waals surface area contributed by atoms with Crippen LogP contribution in [0.15, 0.2) is 35.5 Å². The van der Waals surface area contributed by atoms with Gasteiger partial charge < -0.3 is 20.4 Å². The van der Waals surface area contributed by atoms with Crippen molar-refractivity contribution in [2.75, 3.05) is 20.3 Å². The van der Waals surface area contributed by atoms with Crippen molar-refractivity contribution in [3.8, 4) is 5.88 Å². The number of rotatable bonds is 6. The number of aromatic nitrogens is 1. The predicted octanol–water partition coefficient (Wildman–Crippen LogP) is 1.74. The van der Waals surface area contributed by atoms with E-state index in [0.717, 1.165) is 17.3 Å². The van der Waals surface area contributed by atoms with Gasteiger partial charge in [0.2, 0.25) is 5.88 Å². The second-order valence-electron chi connectivity index (χ2n) is 4.21. The Hall–Kier alpha value is -2.34. The standard InChI is InChI=1S/C14H17N3O3/c1-19-7-4-8-20-13-9-11(14(15)17-18)10-5-2-3-6-12(10)16-13/h2-3,5-6,9,18H,4,7-8H2,1H3,(H2,15,17). The minimum absolute atomic E-state index is 0.0327. The van der Waals surface area contributed by atoms with Crippen LogP contribution in [0.25, 0.3) is 10.9 Å². The fraction of sp³-hybridized carbons (Fsp3) is 0.286. The van der Waals surface area contributed by atoms with E-state index in [1.54, 1.807) is 13.2 Å². The zero-order valence-electron chi connectivity index (χ0n) is 11.2. The Morgan fingerprint density at radius 1 is 1.35 bits per heavy atom. The first-order valence-electron chi connectivity index (χ1n) is 6.25. The largest absolute Gasteiger partial charge is 0.478 e. The van der Waals surface area contributed by atoms with E-state index in [1.165, 1.54) is 0 Å². The quantitative estimate of drug-likeness (QED) is 0.275. The van der Waals surface area contributed by atoms with Gasteiger partial charge in [0.1, 0.15) is 0 Å². The minimum atomic E-state index is 0.0327. The second kappa shape index (κ2) is 6.72. The van der Waals surface area contributed by atoms with E-state index in [0.29, 0.717) is 24.7 Å². The number of methoxy groups -OCH3 is 1. The van der Waals surface area contributed by atoms with Gasteiger partial charge in [-0.05, 0) is 6.07 Å². The van der Waals surface area contributed by atoms with Crippen molar-refractivity contribution in [1.82, 2.24) is 4.98 Å². The fourth-order valence-electron chi connectivity index (χ4n) is 1.87. The zero-order valence-corrected chi connectivity index (χ0v) is 11.2. The summed E-state index contributed by atoms with van der Waals surface area (Å²) in [6, 6.07) is 9.14. The Bertz CT molecular complexity index is 614. The number of fused-ring (bicyclic) bond motifs is 1. The van der Waals surface area contributed by atoms with Crippen molar-refractivity contribution in [3.63, 3.8) is 0 Å². The number of pyridine rings is 1. The van der Waals surface area contributed by atoms with Crippen LogP contribution in [-0.4, -0.2) is 36.4 Å². The lowest BCUT2D eigenvalue weighted by Crippen LogP contribution is -2.14. The van der Waals surface area contributed by atoms with Crippen molar-refractivity contribution < 1.29 is 14.7 Å². The van der Waals surface area contributed by atoms with Crippen LogP contribution in [0.5, 0.6) is 5.88 Å². The van der Waals surface area contributed by atoms with Gasteiger partial charge in [0, 0.05) is 37.2 Å². The number of benzene rings is 1. The molecular formula is C14H17N3O3. The summed E-state index contributed by atoms with van der Waals surface area (Å²) in [6.45, 7) is 1.12. The summed E-state index contributed by atoms with van der Waals surface area (Å²) < 4.78 is 10.5. The average Bonchev–Trinajstić information content (AvgIpc) is 2.50. The molecule has 0 aliphatic rings. The van der Waals surface area contributed by atoms with Gasteiger partial charge in [-0.2, -0.15) is 0 Å². The summed E-state index contributed by atoms with van der Waals surface area (Å²) in [5, 5.41) is 12.7. The third kappa shape index (κ3) is 3.16. The Morgan fingerprint density at radius 2 is 2.15 bits per heavy atom. The molecule has 6 nitrogen and oxygen atoms in total. The molecular weight excluding hydrogens is 258 g/mol. The topological polar surface area (TPSA) is 90.0 Å². The van der Waals surface area contributed by atoms with Gasteiger partial charge in [0.15, 0.2) is 5.84 Å². The average molecular weight is 275 g/mol. The highest BCUT2D eigenvalue weighted by molar-refractivity contribution is 6.08. The molecule has 106 valence electrons. The van der Waals surface area contributed by atoms with Crippen LogP contribution >= 0.6 is 0 Å². The Morgan fingerprint density at radius 3 is 2.90 bits per heavy atom. The molecule has 0 fully saturated rings. The molecule has 0 unspecified atom stereocenters. The number of ether oxygens (including phenoxy) is 2. The van der Waals surface area contributed by atoms with Crippen LogP contribution in [0.1, 0.15) is 12.0 Å². The molecule has 3 N–H and O–H groups in total. The maximum atomic E-state index is 8.87. The van der Waals surface area contributed by atoms with Gasteiger partial charge in [-0.15, -0.1) is 0 Å². The molecule has 0 spiro atoms. The highest BCUT2D eigenvalue weighted by atomic mass is 16.5. The third-order valence-electron chi connectivity index (χ3n) is 2.82. The molecule has 0 atom stereocenters. The van der Waals surface area contributed by atoms with Gasteiger partial charge >= 0.3 is 0 Å². The van der Waals surface area contributed by atoms with E-state index in [4.69, 9.17) is 20.4 Å². The van der Waals surface area contributed by atoms with E-state index in [-0.39, 0.29) is 5.84 Å². The zero-order chi connectivity index (χ0) is 14.4. The van der Waals surface area contributed by atoms with Crippen molar-refractivity contribution in [2.24, 2.45) is 10.9 Å². The predicted molar refractivity (Wildman–Crippen MR) is 76.2 cm³/mol. The maximum absolute atomic E-state index is 8.87. The van der Waals surface area contributed by atoms with Gasteiger partial charge in [0.05, 0.1) is 12.1 Å². The summed E-state index contributed by atoms with van der Waals surface area (Å²) in [7, 11) is 1.64. The number of oxime groups is 1. The van der Waals surface area contributed by atoms with Crippen LogP contribution in [0.4, 0.5) is 0 Å². The summed E-state index contributed by atoms with van der Waals surface area (Å²) in [6.07, 6.45) is 0.768. The monoisotopic (exact) mass is 275 g/mol. The Kier molecular flexibility index (Phi) is 4.73. The van der Waals surface area contributed by atoms with E-state index in [1.807, 2.05) is 24.3 Å². The molecule has 0 radical (unpaired) electrons. The van der Waals surface area contributed by atoms with E-state index < -0.39 is 0 Å². The van der Waals surface area contributed by atoms with Crippen LogP contribution in [0.2, 0.25) is 0 Å². The molecule has 0 aliphatic heterocycles.